The van der Waals surface area contributed by atoms with Gasteiger partial charge in [-0.2, -0.15) is 5.10 Å². The predicted molar refractivity (Wildman–Crippen MR) is 89.7 cm³/mol. The molecule has 0 aliphatic heterocycles. The molecule has 2 aromatic heterocycles. The molecule has 108 valence electrons. The molecule has 0 radical (unpaired) electrons. The van der Waals surface area contributed by atoms with Crippen LogP contribution >= 0.6 is 22.6 Å². The monoisotopic (exact) mass is 385 g/mol. The predicted octanol–water partition coefficient (Wildman–Crippen LogP) is 3.26. The Morgan fingerprint density at radius 2 is 2.05 bits per heavy atom. The zero-order chi connectivity index (χ0) is 14.5. The molecule has 2 heterocycles. The van der Waals surface area contributed by atoms with Crippen molar-refractivity contribution >= 4 is 28.4 Å². The average molecular weight is 385 g/mol. The van der Waals surface area contributed by atoms with Gasteiger partial charge in [-0.15, -0.1) is 0 Å². The van der Waals surface area contributed by atoms with Crippen LogP contribution in [0.15, 0.2) is 12.4 Å². The van der Waals surface area contributed by atoms with E-state index in [9.17, 15) is 0 Å². The Morgan fingerprint density at radius 1 is 1.25 bits per heavy atom. The lowest BCUT2D eigenvalue weighted by atomic mass is 10.2. The molecule has 0 aromatic carbocycles. The van der Waals surface area contributed by atoms with E-state index in [0.717, 1.165) is 52.3 Å². The van der Waals surface area contributed by atoms with E-state index in [2.05, 4.69) is 51.8 Å². The highest BCUT2D eigenvalue weighted by molar-refractivity contribution is 14.1. The third-order valence-electron chi connectivity index (χ3n) is 2.91. The maximum Gasteiger partial charge on any atom is 0.165 e. The van der Waals surface area contributed by atoms with Crippen molar-refractivity contribution < 1.29 is 0 Å². The molecule has 0 aliphatic carbocycles. The molecule has 20 heavy (non-hydrogen) atoms. The zero-order valence-electron chi connectivity index (χ0n) is 12.1. The van der Waals surface area contributed by atoms with Crippen LogP contribution in [0.4, 0.5) is 5.82 Å². The largest absolute Gasteiger partial charge is 0.369 e. The minimum atomic E-state index is 0.751. The second-order valence-electron chi connectivity index (χ2n) is 4.74. The second kappa shape index (κ2) is 7.01. The van der Waals surface area contributed by atoms with E-state index in [0.29, 0.717) is 0 Å². The molecule has 0 atom stereocenters. The lowest BCUT2D eigenvalue weighted by molar-refractivity contribution is 0.768. The lowest BCUT2D eigenvalue weighted by Crippen LogP contribution is -2.09. The van der Waals surface area contributed by atoms with Crippen LogP contribution in [0.25, 0.3) is 11.4 Å². The van der Waals surface area contributed by atoms with Gasteiger partial charge in [-0.05, 0) is 35.4 Å². The van der Waals surface area contributed by atoms with Crippen molar-refractivity contribution in [2.75, 3.05) is 11.9 Å². The molecule has 0 saturated carbocycles. The third-order valence-corrected chi connectivity index (χ3v) is 4.05. The van der Waals surface area contributed by atoms with Gasteiger partial charge in [0.1, 0.15) is 5.82 Å². The highest BCUT2D eigenvalue weighted by Gasteiger charge is 2.13. The molecule has 1 N–H and O–H groups in total. The van der Waals surface area contributed by atoms with Crippen molar-refractivity contribution in [1.82, 2.24) is 19.7 Å². The summed E-state index contributed by atoms with van der Waals surface area (Å²) in [5, 5.41) is 7.59. The number of rotatable bonds is 6. The lowest BCUT2D eigenvalue weighted by Gasteiger charge is -2.11. The normalized spacial score (nSPS) is 10.8. The van der Waals surface area contributed by atoms with Gasteiger partial charge in [0.05, 0.1) is 21.0 Å². The first kappa shape index (κ1) is 15.2. The minimum absolute atomic E-state index is 0.751. The summed E-state index contributed by atoms with van der Waals surface area (Å²) in [6.45, 7) is 5.24. The number of aromatic nitrogens is 4. The Bertz CT molecular complexity index is 579. The van der Waals surface area contributed by atoms with Crippen LogP contribution in [0.2, 0.25) is 0 Å². The molecule has 0 bridgehead atoms. The molecule has 0 unspecified atom stereocenters. The van der Waals surface area contributed by atoms with Crippen molar-refractivity contribution in [2.45, 2.75) is 33.1 Å². The van der Waals surface area contributed by atoms with Crippen molar-refractivity contribution in [2.24, 2.45) is 7.05 Å². The molecule has 0 amide bonds. The van der Waals surface area contributed by atoms with Crippen molar-refractivity contribution in [3.63, 3.8) is 0 Å². The second-order valence-corrected chi connectivity index (χ2v) is 5.81. The van der Waals surface area contributed by atoms with Crippen LogP contribution in [-0.4, -0.2) is 26.3 Å². The SMILES string of the molecule is CCCNc1nc(-c2cnn(C)c2)nc(CCC)c1I. The van der Waals surface area contributed by atoms with Gasteiger partial charge in [-0.25, -0.2) is 9.97 Å². The third kappa shape index (κ3) is 3.47. The summed E-state index contributed by atoms with van der Waals surface area (Å²) >= 11 is 2.34. The van der Waals surface area contributed by atoms with E-state index in [1.807, 2.05) is 19.4 Å². The summed E-state index contributed by atoms with van der Waals surface area (Å²) < 4.78 is 2.90. The maximum absolute atomic E-state index is 4.70. The van der Waals surface area contributed by atoms with Crippen LogP contribution < -0.4 is 5.32 Å². The standard InChI is InChI=1S/C14H20IN5/c1-4-6-11-12(15)14(16-7-5-2)19-13(18-11)10-8-17-20(3)9-10/h8-9H,4-7H2,1-3H3,(H,16,18,19). The van der Waals surface area contributed by atoms with Crippen LogP contribution in [0.3, 0.4) is 0 Å². The van der Waals surface area contributed by atoms with E-state index < -0.39 is 0 Å². The van der Waals surface area contributed by atoms with E-state index in [4.69, 9.17) is 4.98 Å². The number of nitrogens with zero attached hydrogens (tertiary/aromatic N) is 4. The van der Waals surface area contributed by atoms with E-state index in [1.165, 1.54) is 0 Å². The Kier molecular flexibility index (Phi) is 5.33. The van der Waals surface area contributed by atoms with Gasteiger partial charge in [0.15, 0.2) is 5.82 Å². The van der Waals surface area contributed by atoms with Gasteiger partial charge < -0.3 is 5.32 Å². The van der Waals surface area contributed by atoms with Crippen molar-refractivity contribution in [3.8, 4) is 11.4 Å². The Balaban J connectivity index is 2.43. The molecule has 5 nitrogen and oxygen atoms in total. The summed E-state index contributed by atoms with van der Waals surface area (Å²) in [4.78, 5) is 9.36. The van der Waals surface area contributed by atoms with E-state index in [1.54, 1.807) is 4.68 Å². The fraction of sp³-hybridized carbons (Fsp3) is 0.500. The van der Waals surface area contributed by atoms with Crippen LogP contribution in [0.5, 0.6) is 0 Å². The fourth-order valence-corrected chi connectivity index (χ4v) is 2.62. The first-order valence-corrected chi connectivity index (χ1v) is 8.02. The van der Waals surface area contributed by atoms with Gasteiger partial charge in [0.2, 0.25) is 0 Å². The van der Waals surface area contributed by atoms with Gasteiger partial charge in [-0.3, -0.25) is 4.68 Å². The topological polar surface area (TPSA) is 55.6 Å². The smallest absolute Gasteiger partial charge is 0.165 e. The summed E-state index contributed by atoms with van der Waals surface area (Å²) in [6, 6.07) is 0. The molecule has 6 heteroatoms. The fourth-order valence-electron chi connectivity index (χ4n) is 1.92. The highest BCUT2D eigenvalue weighted by atomic mass is 127. The highest BCUT2D eigenvalue weighted by Crippen LogP contribution is 2.24. The summed E-state index contributed by atoms with van der Waals surface area (Å²) in [6.07, 6.45) is 6.87. The number of hydrogen-bond acceptors (Lipinski definition) is 4. The van der Waals surface area contributed by atoms with Gasteiger partial charge >= 0.3 is 0 Å². The number of anilines is 1. The molecule has 0 fully saturated rings. The molecule has 2 rings (SSSR count). The van der Waals surface area contributed by atoms with Crippen molar-refractivity contribution in [3.05, 3.63) is 21.7 Å². The summed E-state index contributed by atoms with van der Waals surface area (Å²) in [5.74, 6) is 1.69. The minimum Gasteiger partial charge on any atom is -0.369 e. The first-order chi connectivity index (χ1) is 9.65. The summed E-state index contributed by atoms with van der Waals surface area (Å²) in [5.41, 5.74) is 2.07. The Hall–Kier alpha value is -1.18. The van der Waals surface area contributed by atoms with Crippen LogP contribution in [0, 0.1) is 3.57 Å². The Morgan fingerprint density at radius 3 is 2.65 bits per heavy atom. The molecule has 0 saturated heterocycles. The molecule has 0 spiro atoms. The number of nitrogens with one attached hydrogen (secondary N) is 1. The number of halogens is 1. The zero-order valence-corrected chi connectivity index (χ0v) is 14.3. The number of aryl methyl sites for hydroxylation is 2. The molecular weight excluding hydrogens is 365 g/mol. The van der Waals surface area contributed by atoms with Gasteiger partial charge in [0.25, 0.3) is 0 Å². The maximum atomic E-state index is 4.70. The van der Waals surface area contributed by atoms with E-state index >= 15 is 0 Å². The van der Waals surface area contributed by atoms with Crippen LogP contribution in [-0.2, 0) is 13.5 Å². The molecule has 0 aliphatic rings. The summed E-state index contributed by atoms with van der Waals surface area (Å²) in [7, 11) is 1.90. The Labute approximate surface area is 133 Å². The molecule has 2 aromatic rings. The van der Waals surface area contributed by atoms with Crippen molar-refractivity contribution in [1.29, 1.82) is 0 Å². The van der Waals surface area contributed by atoms with E-state index in [-0.39, 0.29) is 0 Å². The van der Waals surface area contributed by atoms with Crippen LogP contribution in [0.1, 0.15) is 32.4 Å². The van der Waals surface area contributed by atoms with Gasteiger partial charge in [0, 0.05) is 19.8 Å². The number of hydrogen-bond donors (Lipinski definition) is 1. The average Bonchev–Trinajstić information content (AvgIpc) is 2.86. The first-order valence-electron chi connectivity index (χ1n) is 6.95. The quantitative estimate of drug-likeness (QED) is 0.776. The molecular formula is C14H20IN5. The van der Waals surface area contributed by atoms with Gasteiger partial charge in [-0.1, -0.05) is 20.3 Å².